The van der Waals surface area contributed by atoms with Crippen molar-refractivity contribution in [2.75, 3.05) is 49.6 Å². The molecule has 1 unspecified atom stereocenters. The first-order valence-corrected chi connectivity index (χ1v) is 12.3. The first-order valence-electron chi connectivity index (χ1n) is 12.3. The highest BCUT2D eigenvalue weighted by atomic mass is 16.5. The molecule has 36 heavy (non-hydrogen) atoms. The summed E-state index contributed by atoms with van der Waals surface area (Å²) in [4.78, 5) is 45.1. The number of rotatable bonds is 7. The van der Waals surface area contributed by atoms with Crippen molar-refractivity contribution in [1.82, 2.24) is 25.4 Å². The van der Waals surface area contributed by atoms with Crippen molar-refractivity contribution in [1.29, 1.82) is 0 Å². The molecule has 1 aromatic heterocycles. The Kier molecular flexibility index (Phi) is 6.94. The van der Waals surface area contributed by atoms with Gasteiger partial charge in [0.2, 0.25) is 11.9 Å². The van der Waals surface area contributed by atoms with Crippen LogP contribution >= 0.6 is 0 Å². The molecule has 0 spiro atoms. The number of morpholine rings is 1. The normalized spacial score (nSPS) is 20.1. The molecule has 12 nitrogen and oxygen atoms in total. The minimum absolute atomic E-state index is 0.0132. The third-order valence-electron chi connectivity index (χ3n) is 6.60. The molecule has 3 heterocycles. The Bertz CT molecular complexity index is 1130. The number of nitrogens with two attached hydrogens (primary N) is 1. The Balaban J connectivity index is 1.29. The van der Waals surface area contributed by atoms with Crippen molar-refractivity contribution >= 4 is 35.2 Å². The molecule has 12 heteroatoms. The molecule has 1 aromatic carbocycles. The van der Waals surface area contributed by atoms with Crippen molar-refractivity contribution in [2.45, 2.75) is 31.7 Å². The number of piperidine rings is 1. The van der Waals surface area contributed by atoms with Crippen LogP contribution in [0.25, 0.3) is 0 Å². The monoisotopic (exact) mass is 494 g/mol. The number of aromatic nitrogens is 3. The van der Waals surface area contributed by atoms with Gasteiger partial charge in [0, 0.05) is 49.4 Å². The maximum absolute atomic E-state index is 12.7. The number of benzene rings is 1. The molecule has 190 valence electrons. The van der Waals surface area contributed by atoms with Crippen LogP contribution < -0.4 is 21.3 Å². The van der Waals surface area contributed by atoms with Gasteiger partial charge in [-0.1, -0.05) is 0 Å². The summed E-state index contributed by atoms with van der Waals surface area (Å²) in [5.74, 6) is -0.00303. The molecule has 0 radical (unpaired) electrons. The Labute approximate surface area is 208 Å². The zero-order chi connectivity index (χ0) is 25.1. The molecular formula is C24H30N8O4. The number of hydrogen-bond acceptors (Lipinski definition) is 9. The van der Waals surface area contributed by atoms with Crippen LogP contribution in [-0.2, 0) is 9.53 Å². The van der Waals surface area contributed by atoms with Crippen molar-refractivity contribution < 1.29 is 19.1 Å². The van der Waals surface area contributed by atoms with Crippen LogP contribution in [-0.4, -0.2) is 83.2 Å². The van der Waals surface area contributed by atoms with Crippen molar-refractivity contribution in [3.05, 3.63) is 35.5 Å². The molecule has 1 saturated carbocycles. The summed E-state index contributed by atoms with van der Waals surface area (Å²) in [6.07, 6.45) is 3.68. The lowest BCUT2D eigenvalue weighted by molar-refractivity contribution is -0.123. The number of nitrogens with one attached hydrogen (secondary N) is 2. The largest absolute Gasteiger partial charge is 0.378 e. The smallest absolute Gasteiger partial charge is 0.273 e. The number of nitrogens with zero attached hydrogens (tertiary/aromatic N) is 5. The van der Waals surface area contributed by atoms with Crippen LogP contribution in [0.4, 0.5) is 17.5 Å². The molecule has 0 bridgehead atoms. The first kappa shape index (κ1) is 23.9. The highest BCUT2D eigenvalue weighted by Crippen LogP contribution is 2.29. The fourth-order valence-electron chi connectivity index (χ4n) is 4.43. The molecule has 1 atom stereocenters. The molecule has 5 rings (SSSR count). The summed E-state index contributed by atoms with van der Waals surface area (Å²) in [7, 11) is 0. The van der Waals surface area contributed by atoms with E-state index in [9.17, 15) is 14.4 Å². The molecule has 2 saturated heterocycles. The zero-order valence-corrected chi connectivity index (χ0v) is 20.0. The molecule has 3 fully saturated rings. The molecule has 2 aromatic rings. The van der Waals surface area contributed by atoms with E-state index in [2.05, 4.69) is 25.8 Å². The van der Waals surface area contributed by atoms with Gasteiger partial charge in [0.1, 0.15) is 0 Å². The summed E-state index contributed by atoms with van der Waals surface area (Å²) in [5, 5.41) is 14.4. The van der Waals surface area contributed by atoms with Gasteiger partial charge in [-0.05, 0) is 49.9 Å². The van der Waals surface area contributed by atoms with Crippen molar-refractivity contribution in [3.63, 3.8) is 0 Å². The van der Waals surface area contributed by atoms with E-state index < -0.39 is 5.91 Å². The van der Waals surface area contributed by atoms with Gasteiger partial charge >= 0.3 is 0 Å². The Morgan fingerprint density at radius 3 is 2.44 bits per heavy atom. The van der Waals surface area contributed by atoms with Crippen LogP contribution in [0.1, 0.15) is 46.5 Å². The second-order valence-corrected chi connectivity index (χ2v) is 9.35. The van der Waals surface area contributed by atoms with E-state index in [0.717, 1.165) is 25.7 Å². The number of primary amides is 1. The third-order valence-corrected chi connectivity index (χ3v) is 6.60. The Morgan fingerprint density at radius 1 is 1.00 bits per heavy atom. The van der Waals surface area contributed by atoms with Gasteiger partial charge in [-0.15, -0.1) is 10.2 Å². The van der Waals surface area contributed by atoms with Gasteiger partial charge in [-0.3, -0.25) is 14.4 Å². The predicted molar refractivity (Wildman–Crippen MR) is 131 cm³/mol. The van der Waals surface area contributed by atoms with E-state index in [-0.39, 0.29) is 35.3 Å². The van der Waals surface area contributed by atoms with Gasteiger partial charge in [0.25, 0.3) is 11.8 Å². The standard InChI is InChI=1S/C24H30N8O4/c25-20(33)19-21(26-17-7-5-16(6-8-17)23(35)31-10-12-36-13-11-31)28-24(30-29-19)32-9-1-2-18(14-32)27-22(34)15-3-4-15/h5-8,15,18H,1-4,9-14H2,(H2,25,33)(H,27,34)(H,26,28,30). The van der Waals surface area contributed by atoms with Crippen LogP contribution in [0.5, 0.6) is 0 Å². The molecule has 3 aliphatic rings. The van der Waals surface area contributed by atoms with Gasteiger partial charge in [0.15, 0.2) is 11.5 Å². The van der Waals surface area contributed by atoms with Crippen LogP contribution in [0.15, 0.2) is 24.3 Å². The quantitative estimate of drug-likeness (QED) is 0.504. The third kappa shape index (κ3) is 5.54. The molecule has 1 aliphatic carbocycles. The van der Waals surface area contributed by atoms with E-state index in [0.29, 0.717) is 56.6 Å². The lowest BCUT2D eigenvalue weighted by Gasteiger charge is -2.33. The highest BCUT2D eigenvalue weighted by molar-refractivity contribution is 5.97. The lowest BCUT2D eigenvalue weighted by atomic mass is 10.1. The van der Waals surface area contributed by atoms with Crippen LogP contribution in [0.3, 0.4) is 0 Å². The van der Waals surface area contributed by atoms with Gasteiger partial charge < -0.3 is 30.9 Å². The molecule has 3 amide bonds. The fourth-order valence-corrected chi connectivity index (χ4v) is 4.43. The van der Waals surface area contributed by atoms with Crippen LogP contribution in [0, 0.1) is 5.92 Å². The van der Waals surface area contributed by atoms with Crippen LogP contribution in [0.2, 0.25) is 0 Å². The van der Waals surface area contributed by atoms with E-state index in [1.165, 1.54) is 0 Å². The van der Waals surface area contributed by atoms with E-state index >= 15 is 0 Å². The minimum atomic E-state index is -0.753. The topological polar surface area (TPSA) is 156 Å². The number of ether oxygens (including phenoxy) is 1. The summed E-state index contributed by atoms with van der Waals surface area (Å²) < 4.78 is 5.31. The number of anilines is 3. The maximum atomic E-state index is 12.7. The maximum Gasteiger partial charge on any atom is 0.273 e. The average Bonchev–Trinajstić information content (AvgIpc) is 3.75. The number of amides is 3. The van der Waals surface area contributed by atoms with Gasteiger partial charge in [0.05, 0.1) is 13.2 Å². The summed E-state index contributed by atoms with van der Waals surface area (Å²) in [6.45, 7) is 3.48. The molecule has 4 N–H and O–H groups in total. The average molecular weight is 495 g/mol. The van der Waals surface area contributed by atoms with E-state index in [4.69, 9.17) is 10.5 Å². The SMILES string of the molecule is NC(=O)c1nnc(N2CCCC(NC(=O)C3CC3)C2)nc1Nc1ccc(C(=O)N2CCOCC2)cc1. The summed E-state index contributed by atoms with van der Waals surface area (Å²) >= 11 is 0. The second-order valence-electron chi connectivity index (χ2n) is 9.35. The predicted octanol–water partition coefficient (Wildman–Crippen LogP) is 0.682. The molecule has 2 aliphatic heterocycles. The zero-order valence-electron chi connectivity index (χ0n) is 20.0. The first-order chi connectivity index (χ1) is 17.5. The Morgan fingerprint density at radius 2 is 1.75 bits per heavy atom. The minimum Gasteiger partial charge on any atom is -0.378 e. The molecular weight excluding hydrogens is 464 g/mol. The summed E-state index contributed by atoms with van der Waals surface area (Å²) in [6, 6.07) is 6.93. The highest BCUT2D eigenvalue weighted by Gasteiger charge is 2.32. The van der Waals surface area contributed by atoms with Crippen molar-refractivity contribution in [2.24, 2.45) is 11.7 Å². The van der Waals surface area contributed by atoms with E-state index in [1.807, 2.05) is 4.90 Å². The number of hydrogen-bond donors (Lipinski definition) is 3. The Hall–Kier alpha value is -3.80. The van der Waals surface area contributed by atoms with Crippen molar-refractivity contribution in [3.8, 4) is 0 Å². The lowest BCUT2D eigenvalue weighted by Crippen LogP contribution is -2.48. The number of carbonyl (C=O) groups excluding carboxylic acids is 3. The fraction of sp³-hybridized carbons (Fsp3) is 0.500. The van der Waals surface area contributed by atoms with Gasteiger partial charge in [-0.2, -0.15) is 4.98 Å². The van der Waals surface area contributed by atoms with E-state index in [1.54, 1.807) is 29.2 Å². The number of carbonyl (C=O) groups is 3. The second kappa shape index (κ2) is 10.4. The van der Waals surface area contributed by atoms with Gasteiger partial charge in [-0.25, -0.2) is 0 Å². The summed E-state index contributed by atoms with van der Waals surface area (Å²) in [5.41, 5.74) is 6.61.